The lowest BCUT2D eigenvalue weighted by atomic mass is 10.0. The van der Waals surface area contributed by atoms with Crippen molar-refractivity contribution < 1.29 is 28.5 Å². The van der Waals surface area contributed by atoms with Gasteiger partial charge in [-0.1, -0.05) is 12.1 Å². The second-order valence-electron chi connectivity index (χ2n) is 5.21. The van der Waals surface area contributed by atoms with Gasteiger partial charge in [-0.25, -0.2) is 4.79 Å². The van der Waals surface area contributed by atoms with Gasteiger partial charge in [0.1, 0.15) is 23.0 Å². The molecule has 24 heavy (non-hydrogen) atoms. The summed E-state index contributed by atoms with van der Waals surface area (Å²) in [7, 11) is 4.42. The third-order valence-electron chi connectivity index (χ3n) is 3.79. The van der Waals surface area contributed by atoms with E-state index in [1.54, 1.807) is 26.4 Å². The van der Waals surface area contributed by atoms with Crippen molar-refractivity contribution in [2.45, 2.75) is 12.7 Å². The first kappa shape index (κ1) is 16.0. The average Bonchev–Trinajstić information content (AvgIpc) is 2.60. The molecule has 1 aliphatic rings. The fourth-order valence-electron chi connectivity index (χ4n) is 2.49. The summed E-state index contributed by atoms with van der Waals surface area (Å²) in [5.74, 6) is 1.68. The van der Waals surface area contributed by atoms with E-state index in [4.69, 9.17) is 23.7 Å². The first-order chi connectivity index (χ1) is 11.6. The van der Waals surface area contributed by atoms with Crippen molar-refractivity contribution in [2.24, 2.45) is 0 Å². The van der Waals surface area contributed by atoms with Crippen molar-refractivity contribution in [1.82, 2.24) is 0 Å². The molecule has 6 nitrogen and oxygen atoms in total. The first-order valence-corrected chi connectivity index (χ1v) is 7.39. The average molecular weight is 330 g/mol. The molecule has 0 radical (unpaired) electrons. The summed E-state index contributed by atoms with van der Waals surface area (Å²) in [6.07, 6.45) is -0.626. The molecule has 0 unspecified atom stereocenters. The smallest absolute Gasteiger partial charge is 0.389 e. The summed E-state index contributed by atoms with van der Waals surface area (Å²) in [5, 5.41) is 0. The topological polar surface area (TPSA) is 63.2 Å². The number of fused-ring (bicyclic) bond motifs is 2. The normalized spacial score (nSPS) is 13.3. The highest BCUT2D eigenvalue weighted by Crippen LogP contribution is 2.35. The molecule has 3 rings (SSSR count). The van der Waals surface area contributed by atoms with Gasteiger partial charge in [0.25, 0.3) is 0 Å². The van der Waals surface area contributed by atoms with Gasteiger partial charge in [0.2, 0.25) is 0 Å². The molecule has 0 atom stereocenters. The maximum atomic E-state index is 12.0. The molecule has 0 saturated carbocycles. The van der Waals surface area contributed by atoms with Crippen molar-refractivity contribution in [2.75, 3.05) is 21.3 Å². The number of hydrogen-bond donors (Lipinski definition) is 0. The van der Waals surface area contributed by atoms with Gasteiger partial charge in [-0.3, -0.25) is 0 Å². The van der Waals surface area contributed by atoms with Gasteiger partial charge in [-0.15, -0.1) is 0 Å². The van der Waals surface area contributed by atoms with Crippen molar-refractivity contribution in [1.29, 1.82) is 0 Å². The molecule has 0 spiro atoms. The van der Waals surface area contributed by atoms with Crippen LogP contribution >= 0.6 is 0 Å². The standard InChI is InChI=1S/C18H18O6/c1-20-13-6-4-11-8-12-5-7-14(21-2)10-16(12)24-18(17(19)22-3)23-15(11)9-13/h4-7,9-10,18H,8H2,1-3H3. The predicted molar refractivity (Wildman–Crippen MR) is 85.9 cm³/mol. The van der Waals surface area contributed by atoms with E-state index in [0.717, 1.165) is 11.1 Å². The maximum Gasteiger partial charge on any atom is 0.389 e. The highest BCUT2D eigenvalue weighted by molar-refractivity contribution is 5.74. The van der Waals surface area contributed by atoms with Crippen LogP contribution in [0.15, 0.2) is 36.4 Å². The summed E-state index contributed by atoms with van der Waals surface area (Å²) >= 11 is 0. The molecule has 0 saturated heterocycles. The van der Waals surface area contributed by atoms with Crippen molar-refractivity contribution in [3.8, 4) is 23.0 Å². The van der Waals surface area contributed by atoms with Gasteiger partial charge >= 0.3 is 12.3 Å². The van der Waals surface area contributed by atoms with Crippen LogP contribution in [0.2, 0.25) is 0 Å². The van der Waals surface area contributed by atoms with Gasteiger partial charge in [-0.2, -0.15) is 0 Å². The molecule has 0 aliphatic carbocycles. The Bertz CT molecular complexity index is 700. The molecule has 0 bridgehead atoms. The Morgan fingerprint density at radius 3 is 1.83 bits per heavy atom. The number of carbonyl (C=O) groups excluding carboxylic acids is 1. The highest BCUT2D eigenvalue weighted by Gasteiger charge is 2.28. The second-order valence-corrected chi connectivity index (χ2v) is 5.21. The summed E-state index contributed by atoms with van der Waals surface area (Å²) in [5.41, 5.74) is 1.83. The van der Waals surface area contributed by atoms with Crippen molar-refractivity contribution >= 4 is 5.97 Å². The van der Waals surface area contributed by atoms with E-state index >= 15 is 0 Å². The summed E-state index contributed by atoms with van der Waals surface area (Å²) in [6, 6.07) is 11.0. The van der Waals surface area contributed by atoms with Crippen LogP contribution < -0.4 is 18.9 Å². The van der Waals surface area contributed by atoms with E-state index in [1.807, 2.05) is 24.3 Å². The highest BCUT2D eigenvalue weighted by atomic mass is 16.7. The Morgan fingerprint density at radius 2 is 1.42 bits per heavy atom. The van der Waals surface area contributed by atoms with Crippen LogP contribution in [0, 0.1) is 0 Å². The molecule has 126 valence electrons. The van der Waals surface area contributed by atoms with Crippen LogP contribution in [0.3, 0.4) is 0 Å². The molecule has 0 fully saturated rings. The van der Waals surface area contributed by atoms with Crippen molar-refractivity contribution in [3.63, 3.8) is 0 Å². The van der Waals surface area contributed by atoms with Crippen LogP contribution in [-0.2, 0) is 16.0 Å². The van der Waals surface area contributed by atoms with E-state index in [0.29, 0.717) is 29.4 Å². The molecule has 1 heterocycles. The molecule has 0 amide bonds. The van der Waals surface area contributed by atoms with Gasteiger partial charge in [0.15, 0.2) is 0 Å². The Balaban J connectivity index is 2.08. The van der Waals surface area contributed by atoms with Gasteiger partial charge in [0.05, 0.1) is 21.3 Å². The number of benzene rings is 2. The molecule has 0 N–H and O–H groups in total. The summed E-state index contributed by atoms with van der Waals surface area (Å²) < 4.78 is 26.7. The number of carbonyl (C=O) groups is 1. The molecule has 0 aromatic heterocycles. The van der Waals surface area contributed by atoms with Crippen molar-refractivity contribution in [3.05, 3.63) is 47.5 Å². The summed E-state index contributed by atoms with van der Waals surface area (Å²) in [4.78, 5) is 12.0. The monoisotopic (exact) mass is 330 g/mol. The minimum atomic E-state index is -1.22. The fraction of sp³-hybridized carbons (Fsp3) is 0.278. The quantitative estimate of drug-likeness (QED) is 0.806. The second kappa shape index (κ2) is 6.70. The van der Waals surface area contributed by atoms with E-state index in [9.17, 15) is 4.79 Å². The number of methoxy groups -OCH3 is 3. The molecular formula is C18H18O6. The van der Waals surface area contributed by atoms with Gasteiger partial charge in [-0.05, 0) is 23.3 Å². The minimum Gasteiger partial charge on any atom is -0.497 e. The molecular weight excluding hydrogens is 312 g/mol. The SMILES string of the molecule is COC(=O)C1Oc2cc(OC)ccc2Cc2ccc(OC)cc2O1. The van der Waals surface area contributed by atoms with E-state index in [2.05, 4.69) is 0 Å². The summed E-state index contributed by atoms with van der Waals surface area (Å²) in [6.45, 7) is 0. The number of hydrogen-bond acceptors (Lipinski definition) is 6. The zero-order valence-corrected chi connectivity index (χ0v) is 13.7. The lowest BCUT2D eigenvalue weighted by Gasteiger charge is -2.25. The molecule has 2 aromatic carbocycles. The van der Waals surface area contributed by atoms with E-state index in [-0.39, 0.29) is 0 Å². The number of esters is 1. The Hall–Kier alpha value is -2.89. The molecule has 6 heteroatoms. The third-order valence-corrected chi connectivity index (χ3v) is 3.79. The lowest BCUT2D eigenvalue weighted by molar-refractivity contribution is -0.162. The zero-order chi connectivity index (χ0) is 17.1. The lowest BCUT2D eigenvalue weighted by Crippen LogP contribution is -2.35. The first-order valence-electron chi connectivity index (χ1n) is 7.39. The Morgan fingerprint density at radius 1 is 0.917 bits per heavy atom. The zero-order valence-electron chi connectivity index (χ0n) is 13.7. The number of ether oxygens (including phenoxy) is 5. The third kappa shape index (κ3) is 3.08. The molecule has 1 aliphatic heterocycles. The van der Waals surface area contributed by atoms with Gasteiger partial charge < -0.3 is 23.7 Å². The maximum absolute atomic E-state index is 12.0. The Kier molecular flexibility index (Phi) is 4.46. The predicted octanol–water partition coefficient (Wildman–Crippen LogP) is 2.56. The van der Waals surface area contributed by atoms with Crippen LogP contribution in [0.5, 0.6) is 23.0 Å². The van der Waals surface area contributed by atoms with Crippen LogP contribution in [0.25, 0.3) is 0 Å². The van der Waals surface area contributed by atoms with Crippen LogP contribution in [0.4, 0.5) is 0 Å². The van der Waals surface area contributed by atoms with Crippen LogP contribution in [0.1, 0.15) is 11.1 Å². The Labute approximate surface area is 139 Å². The number of rotatable bonds is 3. The minimum absolute atomic E-state index is 0.520. The van der Waals surface area contributed by atoms with Crippen LogP contribution in [-0.4, -0.2) is 33.6 Å². The fourth-order valence-corrected chi connectivity index (χ4v) is 2.49. The largest absolute Gasteiger partial charge is 0.497 e. The molecule has 2 aromatic rings. The van der Waals surface area contributed by atoms with E-state index in [1.165, 1.54) is 7.11 Å². The van der Waals surface area contributed by atoms with Gasteiger partial charge in [0, 0.05) is 18.6 Å². The van der Waals surface area contributed by atoms with E-state index < -0.39 is 12.3 Å².